The highest BCUT2D eigenvalue weighted by atomic mass is 32.1. The predicted octanol–water partition coefficient (Wildman–Crippen LogP) is 5.35. The Balaban J connectivity index is 1.65. The normalized spacial score (nSPS) is 18.4. The monoisotopic (exact) mass is 287 g/mol. The lowest BCUT2D eigenvalue weighted by Gasteiger charge is -2.30. The highest BCUT2D eigenvalue weighted by Gasteiger charge is 2.21. The minimum Gasteiger partial charge on any atom is -0.310 e. The van der Waals surface area contributed by atoms with Crippen LogP contribution < -0.4 is 5.32 Å². The van der Waals surface area contributed by atoms with E-state index >= 15 is 0 Å². The molecule has 1 aromatic heterocycles. The van der Waals surface area contributed by atoms with Crippen molar-refractivity contribution >= 4 is 21.4 Å². The van der Waals surface area contributed by atoms with Gasteiger partial charge in [-0.25, -0.2) is 0 Å². The van der Waals surface area contributed by atoms with E-state index in [1.54, 1.807) is 0 Å². The van der Waals surface area contributed by atoms with Crippen molar-refractivity contribution in [2.75, 3.05) is 0 Å². The van der Waals surface area contributed by atoms with Gasteiger partial charge in [0.1, 0.15) is 0 Å². The van der Waals surface area contributed by atoms with Gasteiger partial charge in [0.05, 0.1) is 0 Å². The molecule has 1 aliphatic carbocycles. The molecule has 0 aliphatic heterocycles. The molecule has 0 spiro atoms. The molecule has 3 rings (SSSR count). The van der Waals surface area contributed by atoms with Crippen LogP contribution in [0, 0.1) is 5.92 Å². The third-order valence-electron chi connectivity index (χ3n) is 4.77. The molecule has 1 atom stereocenters. The zero-order valence-corrected chi connectivity index (χ0v) is 13.2. The summed E-state index contributed by atoms with van der Waals surface area (Å²) in [6.45, 7) is 3.36. The van der Waals surface area contributed by atoms with Gasteiger partial charge in [0.15, 0.2) is 0 Å². The average Bonchev–Trinajstić information content (AvgIpc) is 2.92. The largest absolute Gasteiger partial charge is 0.310 e. The van der Waals surface area contributed by atoms with Crippen LogP contribution in [0.4, 0.5) is 0 Å². The molecule has 0 bridgehead atoms. The third kappa shape index (κ3) is 3.07. The molecular weight excluding hydrogens is 262 g/mol. The maximum atomic E-state index is 3.84. The SMILES string of the molecule is CCC(NCc1csc2ccccc12)C1CCCCC1. The van der Waals surface area contributed by atoms with Crippen molar-refractivity contribution in [1.29, 1.82) is 0 Å². The molecule has 1 nitrogen and oxygen atoms in total. The second-order valence-corrected chi connectivity index (χ2v) is 6.96. The standard InChI is InChI=1S/C18H25NS/c1-2-17(14-8-4-3-5-9-14)19-12-15-13-20-18-11-7-6-10-16(15)18/h6-7,10-11,13-14,17,19H,2-5,8-9,12H2,1H3. The smallest absolute Gasteiger partial charge is 0.0346 e. The first-order valence-electron chi connectivity index (χ1n) is 8.07. The van der Waals surface area contributed by atoms with E-state index in [2.05, 4.69) is 41.9 Å². The number of nitrogens with one attached hydrogen (secondary N) is 1. The van der Waals surface area contributed by atoms with Gasteiger partial charge in [-0.1, -0.05) is 44.4 Å². The van der Waals surface area contributed by atoms with Crippen LogP contribution in [-0.2, 0) is 6.54 Å². The summed E-state index contributed by atoms with van der Waals surface area (Å²) in [7, 11) is 0. The quantitative estimate of drug-likeness (QED) is 0.781. The van der Waals surface area contributed by atoms with Crippen molar-refractivity contribution in [2.24, 2.45) is 5.92 Å². The summed E-state index contributed by atoms with van der Waals surface area (Å²) in [5, 5.41) is 7.60. The summed E-state index contributed by atoms with van der Waals surface area (Å²) >= 11 is 1.87. The second kappa shape index (κ2) is 6.73. The molecule has 1 unspecified atom stereocenters. The van der Waals surface area contributed by atoms with Crippen molar-refractivity contribution in [3.05, 3.63) is 35.2 Å². The Morgan fingerprint density at radius 1 is 1.20 bits per heavy atom. The Labute approximate surface area is 126 Å². The summed E-state index contributed by atoms with van der Waals surface area (Å²) in [6.07, 6.45) is 8.43. The molecule has 1 saturated carbocycles. The maximum Gasteiger partial charge on any atom is 0.0346 e. The fourth-order valence-corrected chi connectivity index (χ4v) is 4.55. The first-order chi connectivity index (χ1) is 9.88. The third-order valence-corrected chi connectivity index (χ3v) is 5.79. The molecule has 1 aliphatic rings. The fraction of sp³-hybridized carbons (Fsp3) is 0.556. The van der Waals surface area contributed by atoms with Gasteiger partial charge in [-0.05, 0) is 47.6 Å². The highest BCUT2D eigenvalue weighted by molar-refractivity contribution is 7.17. The summed E-state index contributed by atoms with van der Waals surface area (Å²) in [5.41, 5.74) is 1.47. The Kier molecular flexibility index (Phi) is 4.74. The van der Waals surface area contributed by atoms with Crippen molar-refractivity contribution in [3.63, 3.8) is 0 Å². The van der Waals surface area contributed by atoms with Crippen LogP contribution in [-0.4, -0.2) is 6.04 Å². The summed E-state index contributed by atoms with van der Waals surface area (Å²) in [4.78, 5) is 0. The Bertz CT molecular complexity index is 539. The van der Waals surface area contributed by atoms with Crippen molar-refractivity contribution in [3.8, 4) is 0 Å². The predicted molar refractivity (Wildman–Crippen MR) is 89.3 cm³/mol. The lowest BCUT2D eigenvalue weighted by atomic mass is 9.83. The molecule has 1 N–H and O–H groups in total. The number of thiophene rings is 1. The van der Waals surface area contributed by atoms with Crippen molar-refractivity contribution in [1.82, 2.24) is 5.32 Å². The fourth-order valence-electron chi connectivity index (χ4n) is 3.59. The zero-order chi connectivity index (χ0) is 13.8. The van der Waals surface area contributed by atoms with E-state index in [1.165, 1.54) is 54.2 Å². The second-order valence-electron chi connectivity index (χ2n) is 6.05. The van der Waals surface area contributed by atoms with E-state index in [4.69, 9.17) is 0 Å². The number of benzene rings is 1. The first kappa shape index (κ1) is 14.1. The molecule has 2 heteroatoms. The molecule has 1 heterocycles. The van der Waals surface area contributed by atoms with Crippen molar-refractivity contribution < 1.29 is 0 Å². The number of hydrogen-bond donors (Lipinski definition) is 1. The zero-order valence-electron chi connectivity index (χ0n) is 12.4. The molecule has 2 aromatic rings. The van der Waals surface area contributed by atoms with Crippen LogP contribution in [0.15, 0.2) is 29.6 Å². The van der Waals surface area contributed by atoms with E-state index in [1.807, 2.05) is 11.3 Å². The Morgan fingerprint density at radius 3 is 2.80 bits per heavy atom. The van der Waals surface area contributed by atoms with E-state index in [9.17, 15) is 0 Å². The lowest BCUT2D eigenvalue weighted by molar-refractivity contribution is 0.262. The number of rotatable bonds is 5. The van der Waals surface area contributed by atoms with Crippen LogP contribution >= 0.6 is 11.3 Å². The minimum atomic E-state index is 0.703. The minimum absolute atomic E-state index is 0.703. The van der Waals surface area contributed by atoms with Gasteiger partial charge < -0.3 is 5.32 Å². The summed E-state index contributed by atoms with van der Waals surface area (Å²) in [6, 6.07) is 9.46. The van der Waals surface area contributed by atoms with Gasteiger partial charge in [0.2, 0.25) is 0 Å². The highest BCUT2D eigenvalue weighted by Crippen LogP contribution is 2.29. The molecule has 1 aromatic carbocycles. The molecule has 20 heavy (non-hydrogen) atoms. The van der Waals surface area contributed by atoms with Crippen molar-refractivity contribution in [2.45, 2.75) is 58.0 Å². The number of fused-ring (bicyclic) bond motifs is 1. The Morgan fingerprint density at radius 2 is 2.00 bits per heavy atom. The summed E-state index contributed by atoms with van der Waals surface area (Å²) in [5.74, 6) is 0.902. The van der Waals surface area contributed by atoms with E-state index in [0.29, 0.717) is 6.04 Å². The van der Waals surface area contributed by atoms with Crippen LogP contribution in [0.5, 0.6) is 0 Å². The van der Waals surface area contributed by atoms with Gasteiger partial charge in [-0.15, -0.1) is 11.3 Å². The molecule has 0 amide bonds. The average molecular weight is 287 g/mol. The summed E-state index contributed by atoms with van der Waals surface area (Å²) < 4.78 is 1.41. The van der Waals surface area contributed by atoms with Crippen LogP contribution in [0.1, 0.15) is 51.0 Å². The van der Waals surface area contributed by atoms with Gasteiger partial charge in [0, 0.05) is 17.3 Å². The van der Waals surface area contributed by atoms with Gasteiger partial charge >= 0.3 is 0 Å². The molecule has 0 radical (unpaired) electrons. The van der Waals surface area contributed by atoms with Crippen LogP contribution in [0.2, 0.25) is 0 Å². The topological polar surface area (TPSA) is 12.0 Å². The lowest BCUT2D eigenvalue weighted by Crippen LogP contribution is -2.36. The van der Waals surface area contributed by atoms with Gasteiger partial charge in [0.25, 0.3) is 0 Å². The maximum absolute atomic E-state index is 3.84. The molecular formula is C18H25NS. The molecule has 0 saturated heterocycles. The van der Waals surface area contributed by atoms with Gasteiger partial charge in [-0.3, -0.25) is 0 Å². The van der Waals surface area contributed by atoms with Crippen LogP contribution in [0.3, 0.4) is 0 Å². The molecule has 108 valence electrons. The Hall–Kier alpha value is -0.860. The van der Waals surface area contributed by atoms with E-state index in [-0.39, 0.29) is 0 Å². The van der Waals surface area contributed by atoms with Gasteiger partial charge in [-0.2, -0.15) is 0 Å². The van der Waals surface area contributed by atoms with E-state index < -0.39 is 0 Å². The molecule has 1 fully saturated rings. The van der Waals surface area contributed by atoms with Crippen LogP contribution in [0.25, 0.3) is 10.1 Å². The van der Waals surface area contributed by atoms with E-state index in [0.717, 1.165) is 12.5 Å². The number of hydrogen-bond acceptors (Lipinski definition) is 2. The first-order valence-corrected chi connectivity index (χ1v) is 8.95.